The summed E-state index contributed by atoms with van der Waals surface area (Å²) in [5.74, 6) is 2.09. The van der Waals surface area contributed by atoms with Crippen LogP contribution in [-0.4, -0.2) is 46.5 Å². The van der Waals surface area contributed by atoms with E-state index in [1.54, 1.807) is 12.4 Å². The zero-order chi connectivity index (χ0) is 47.5. The maximum Gasteiger partial charge on any atom is 0.132 e. The Hall–Kier alpha value is -6.78. The van der Waals surface area contributed by atoms with Crippen LogP contribution in [0.1, 0.15) is 11.1 Å². The van der Waals surface area contributed by atoms with E-state index in [0.29, 0.717) is 22.3 Å². The van der Waals surface area contributed by atoms with Gasteiger partial charge in [0.05, 0.1) is 11.4 Å². The lowest BCUT2D eigenvalue weighted by molar-refractivity contribution is 0.469. The molecule has 0 aliphatic carbocycles. The number of benzene rings is 10. The molecule has 0 unspecified atom stereocenters. The molecule has 10 rings (SSSR count). The molecule has 8 heteroatoms. The summed E-state index contributed by atoms with van der Waals surface area (Å²) in [6.07, 6.45) is 5.61. The highest BCUT2D eigenvalue weighted by molar-refractivity contribution is 8.00. The summed E-state index contributed by atoms with van der Waals surface area (Å²) in [5.41, 5.74) is 3.77. The summed E-state index contributed by atoms with van der Waals surface area (Å²) >= 11 is 3.73. The second-order valence-electron chi connectivity index (χ2n) is 16.7. The van der Waals surface area contributed by atoms with Crippen LogP contribution in [0.5, 0.6) is 11.5 Å². The molecular weight excluding hydrogens is 931 g/mol. The molecular formula is C62H50N2O2P2S2. The van der Waals surface area contributed by atoms with E-state index in [2.05, 4.69) is 146 Å². The largest absolute Gasteiger partial charge is 0.507 e. The Kier molecular flexibility index (Phi) is 15.3. The SMILES string of the molecule is Oc1c(/C=N\c2ccc(SCCP(c3ccccc3)c3ccccc3)cc2)cc2ccccc2c1-c1c(O)c(/C=N/c2ccc(SCCP(c3ccccc3)c3ccccc3)cc2)cc2ccccc12. The summed E-state index contributed by atoms with van der Waals surface area (Å²) in [6, 6.07) is 79.9. The van der Waals surface area contributed by atoms with Gasteiger partial charge in [-0.15, -0.1) is 23.5 Å². The van der Waals surface area contributed by atoms with Crippen LogP contribution >= 0.6 is 39.4 Å². The molecule has 0 atom stereocenters. The maximum atomic E-state index is 12.2. The number of thioether (sulfide) groups is 2. The second kappa shape index (κ2) is 22.8. The minimum Gasteiger partial charge on any atom is -0.507 e. The summed E-state index contributed by atoms with van der Waals surface area (Å²) < 4.78 is 0. The minimum atomic E-state index is -0.452. The Morgan fingerprint density at radius 3 is 1.03 bits per heavy atom. The number of aliphatic imine (C=N–C) groups is 2. The smallest absolute Gasteiger partial charge is 0.132 e. The molecule has 0 aromatic heterocycles. The first kappa shape index (κ1) is 46.9. The van der Waals surface area contributed by atoms with Gasteiger partial charge in [-0.25, -0.2) is 0 Å². The Bertz CT molecular complexity index is 3090. The van der Waals surface area contributed by atoms with Gasteiger partial charge in [0.15, 0.2) is 0 Å². The lowest BCUT2D eigenvalue weighted by Crippen LogP contribution is -2.14. The Labute approximate surface area is 421 Å². The quantitative estimate of drug-likeness (QED) is 0.0542. The molecule has 342 valence electrons. The molecule has 0 spiro atoms. The van der Waals surface area contributed by atoms with Gasteiger partial charge in [0.2, 0.25) is 0 Å². The molecule has 10 aromatic carbocycles. The van der Waals surface area contributed by atoms with Gasteiger partial charge in [-0.3, -0.25) is 9.98 Å². The molecule has 4 nitrogen and oxygen atoms in total. The third kappa shape index (κ3) is 11.1. The second-order valence-corrected chi connectivity index (χ2v) is 23.7. The van der Waals surface area contributed by atoms with Crippen molar-refractivity contribution in [3.63, 3.8) is 0 Å². The van der Waals surface area contributed by atoms with Crippen molar-refractivity contribution < 1.29 is 10.2 Å². The normalized spacial score (nSPS) is 11.7. The highest BCUT2D eigenvalue weighted by Crippen LogP contribution is 2.47. The first-order chi connectivity index (χ1) is 34.6. The van der Waals surface area contributed by atoms with Crippen LogP contribution in [-0.2, 0) is 0 Å². The lowest BCUT2D eigenvalue weighted by Gasteiger charge is -2.18. The third-order valence-electron chi connectivity index (χ3n) is 12.2. The highest BCUT2D eigenvalue weighted by Gasteiger charge is 2.22. The van der Waals surface area contributed by atoms with Crippen molar-refractivity contribution in [2.75, 3.05) is 23.8 Å². The number of nitrogens with zero attached hydrogens (tertiary/aromatic N) is 2. The van der Waals surface area contributed by atoms with E-state index in [9.17, 15) is 10.2 Å². The van der Waals surface area contributed by atoms with Crippen LogP contribution < -0.4 is 21.2 Å². The van der Waals surface area contributed by atoms with Gasteiger partial charge < -0.3 is 10.2 Å². The number of rotatable bonds is 17. The minimum absolute atomic E-state index is 0.0469. The van der Waals surface area contributed by atoms with Crippen LogP contribution in [0.3, 0.4) is 0 Å². The summed E-state index contributed by atoms with van der Waals surface area (Å²) in [6.45, 7) is 0. The fourth-order valence-corrected chi connectivity index (χ4v) is 15.8. The van der Waals surface area contributed by atoms with E-state index in [1.165, 1.54) is 31.0 Å². The number of hydrogen-bond donors (Lipinski definition) is 2. The van der Waals surface area contributed by atoms with Gasteiger partial charge >= 0.3 is 0 Å². The fraction of sp³-hybridized carbons (Fsp3) is 0.0645. The molecule has 0 radical (unpaired) electrons. The summed E-state index contributed by atoms with van der Waals surface area (Å²) in [7, 11) is -0.904. The van der Waals surface area contributed by atoms with E-state index in [0.717, 1.165) is 56.7 Å². The van der Waals surface area contributed by atoms with E-state index in [4.69, 9.17) is 9.98 Å². The molecule has 0 bridgehead atoms. The molecule has 10 aromatic rings. The maximum absolute atomic E-state index is 12.2. The van der Waals surface area contributed by atoms with Crippen molar-refractivity contribution in [3.8, 4) is 22.6 Å². The van der Waals surface area contributed by atoms with E-state index < -0.39 is 15.8 Å². The van der Waals surface area contributed by atoms with Gasteiger partial charge in [0.1, 0.15) is 11.5 Å². The third-order valence-corrected chi connectivity index (χ3v) is 19.8. The molecule has 0 aliphatic heterocycles. The molecule has 0 amide bonds. The average Bonchev–Trinajstić information content (AvgIpc) is 3.42. The van der Waals surface area contributed by atoms with E-state index >= 15 is 0 Å². The number of hydrogen-bond acceptors (Lipinski definition) is 6. The zero-order valence-corrected chi connectivity index (χ0v) is 41.8. The summed E-state index contributed by atoms with van der Waals surface area (Å²) in [4.78, 5) is 12.1. The average molecular weight is 981 g/mol. The van der Waals surface area contributed by atoms with Crippen molar-refractivity contribution in [3.05, 3.63) is 242 Å². The molecule has 0 fully saturated rings. The van der Waals surface area contributed by atoms with Gasteiger partial charge in [0, 0.05) is 56.0 Å². The number of phenolic OH excluding ortho intramolecular Hbond substituents is 2. The number of fused-ring (bicyclic) bond motifs is 2. The molecule has 0 heterocycles. The predicted molar refractivity (Wildman–Crippen MR) is 307 cm³/mol. The van der Waals surface area contributed by atoms with Crippen LogP contribution in [0, 0.1) is 0 Å². The van der Waals surface area contributed by atoms with Crippen LogP contribution in [0.25, 0.3) is 32.7 Å². The van der Waals surface area contributed by atoms with Crippen molar-refractivity contribution in [1.29, 1.82) is 0 Å². The fourth-order valence-electron chi connectivity index (χ4n) is 8.72. The Balaban J connectivity index is 0.867. The van der Waals surface area contributed by atoms with Gasteiger partial charge in [-0.05, 0) is 132 Å². The first-order valence-corrected chi connectivity index (χ1v) is 28.4. The molecule has 70 heavy (non-hydrogen) atoms. The molecule has 0 saturated carbocycles. The molecule has 2 N–H and O–H groups in total. The van der Waals surface area contributed by atoms with Crippen LogP contribution in [0.15, 0.2) is 250 Å². The summed E-state index contributed by atoms with van der Waals surface area (Å²) in [5, 5.41) is 33.6. The highest BCUT2D eigenvalue weighted by atomic mass is 32.2. The van der Waals surface area contributed by atoms with Crippen LogP contribution in [0.4, 0.5) is 11.4 Å². The van der Waals surface area contributed by atoms with Gasteiger partial charge in [0.25, 0.3) is 0 Å². The Morgan fingerprint density at radius 2 is 0.686 bits per heavy atom. The number of phenols is 2. The molecule has 0 aliphatic rings. The zero-order valence-electron chi connectivity index (χ0n) is 38.4. The van der Waals surface area contributed by atoms with Crippen LogP contribution in [0.2, 0.25) is 0 Å². The molecule has 0 saturated heterocycles. The van der Waals surface area contributed by atoms with Gasteiger partial charge in [-0.1, -0.05) is 170 Å². The topological polar surface area (TPSA) is 65.2 Å². The van der Waals surface area contributed by atoms with Gasteiger partial charge in [-0.2, -0.15) is 0 Å². The monoisotopic (exact) mass is 980 g/mol. The lowest BCUT2D eigenvalue weighted by atomic mass is 9.89. The standard InChI is InChI=1S/C62H50N2O2P2S2/c65-61-47(43-63-49-29-33-55(34-30-49)69-39-37-67(51-19-5-1-6-20-51)52-21-7-2-8-22-52)41-45-17-13-15-27-57(45)59(61)60-58-28-16-14-18-46(58)42-48(62(60)66)44-64-50-31-35-56(36-32-50)70-40-38-68(53-23-9-3-10-24-53)54-25-11-4-12-26-54/h1-36,41-44,65-66H,37-40H2/b63-43-,64-44+. The number of aromatic hydroxyl groups is 2. The van der Waals surface area contributed by atoms with E-state index in [1.807, 2.05) is 108 Å². The van der Waals surface area contributed by atoms with E-state index in [-0.39, 0.29) is 11.5 Å². The van der Waals surface area contributed by atoms with Crippen molar-refractivity contribution in [1.82, 2.24) is 0 Å². The van der Waals surface area contributed by atoms with Crippen molar-refractivity contribution in [2.24, 2.45) is 9.98 Å². The Morgan fingerprint density at radius 1 is 0.371 bits per heavy atom. The predicted octanol–water partition coefficient (Wildman–Crippen LogP) is 15.0. The van der Waals surface area contributed by atoms with Crippen molar-refractivity contribution in [2.45, 2.75) is 9.79 Å². The first-order valence-electron chi connectivity index (χ1n) is 23.3. The van der Waals surface area contributed by atoms with Crippen molar-refractivity contribution >= 4 is 106 Å².